The van der Waals surface area contributed by atoms with Gasteiger partial charge in [0.05, 0.1) is 12.2 Å². The van der Waals surface area contributed by atoms with Gasteiger partial charge in [0.25, 0.3) is 0 Å². The molecule has 1 aliphatic rings. The van der Waals surface area contributed by atoms with Gasteiger partial charge in [0.15, 0.2) is 0 Å². The van der Waals surface area contributed by atoms with Gasteiger partial charge in [0.2, 0.25) is 0 Å². The highest BCUT2D eigenvalue weighted by Gasteiger charge is 2.21. The first-order valence-electron chi connectivity index (χ1n) is 7.16. The van der Waals surface area contributed by atoms with E-state index in [4.69, 9.17) is 23.2 Å². The lowest BCUT2D eigenvalue weighted by atomic mass is 10.1. The molecule has 2 aromatic rings. The smallest absolute Gasteiger partial charge is 0.100 e. The molecule has 1 saturated carbocycles. The highest BCUT2D eigenvalue weighted by molar-refractivity contribution is 6.35. The summed E-state index contributed by atoms with van der Waals surface area (Å²) in [5.41, 5.74) is 1.68. The van der Waals surface area contributed by atoms with Crippen LogP contribution in [-0.2, 0) is 6.54 Å². The molecule has 1 aromatic carbocycles. The molecule has 112 valence electrons. The van der Waals surface area contributed by atoms with E-state index in [0.29, 0.717) is 28.1 Å². The molecule has 1 unspecified atom stereocenters. The Kier molecular flexibility index (Phi) is 4.48. The molecule has 1 atom stereocenters. The molecule has 0 saturated heterocycles. The van der Waals surface area contributed by atoms with Crippen molar-refractivity contribution in [2.24, 2.45) is 0 Å². The van der Waals surface area contributed by atoms with Gasteiger partial charge in [0, 0.05) is 27.7 Å². The van der Waals surface area contributed by atoms with E-state index in [2.05, 4.69) is 10.3 Å². The number of aliphatic hydroxyl groups excluding tert-OH is 1. The van der Waals surface area contributed by atoms with Gasteiger partial charge < -0.3 is 5.11 Å². The minimum Gasteiger partial charge on any atom is -0.386 e. The standard InChI is InChI=1S/C15H17Cl2N3O/c16-11-5-6-12(13(17)7-11)15(21)9-20-8-14(18-19-20)10-3-1-2-4-10/h5-8,10,15,21H,1-4,9H2. The normalized spacial score (nSPS) is 17.3. The first kappa shape index (κ1) is 14.8. The third-order valence-electron chi connectivity index (χ3n) is 4.01. The Morgan fingerprint density at radius 2 is 2.05 bits per heavy atom. The van der Waals surface area contributed by atoms with Crippen molar-refractivity contribution in [3.8, 4) is 0 Å². The van der Waals surface area contributed by atoms with Gasteiger partial charge in [0.1, 0.15) is 6.10 Å². The van der Waals surface area contributed by atoms with E-state index in [1.54, 1.807) is 22.9 Å². The Hall–Kier alpha value is -1.10. The van der Waals surface area contributed by atoms with Crippen molar-refractivity contribution in [1.29, 1.82) is 0 Å². The molecule has 4 nitrogen and oxygen atoms in total. The van der Waals surface area contributed by atoms with Gasteiger partial charge in [-0.2, -0.15) is 0 Å². The van der Waals surface area contributed by atoms with Gasteiger partial charge in [-0.3, -0.25) is 0 Å². The van der Waals surface area contributed by atoms with Gasteiger partial charge in [-0.15, -0.1) is 5.10 Å². The maximum atomic E-state index is 10.3. The predicted molar refractivity (Wildman–Crippen MR) is 82.7 cm³/mol. The molecule has 21 heavy (non-hydrogen) atoms. The van der Waals surface area contributed by atoms with E-state index < -0.39 is 6.10 Å². The zero-order valence-corrected chi connectivity index (χ0v) is 13.1. The van der Waals surface area contributed by atoms with Gasteiger partial charge in [-0.25, -0.2) is 4.68 Å². The molecule has 0 aliphatic heterocycles. The second-order valence-corrected chi connectivity index (χ2v) is 6.37. The van der Waals surface area contributed by atoms with Crippen molar-refractivity contribution < 1.29 is 5.11 Å². The fourth-order valence-corrected chi connectivity index (χ4v) is 3.39. The summed E-state index contributed by atoms with van der Waals surface area (Å²) in [6.45, 7) is 0.334. The number of hydrogen-bond donors (Lipinski definition) is 1. The lowest BCUT2D eigenvalue weighted by Gasteiger charge is -2.12. The van der Waals surface area contributed by atoms with E-state index in [1.807, 2.05) is 6.20 Å². The largest absolute Gasteiger partial charge is 0.386 e. The van der Waals surface area contributed by atoms with Crippen LogP contribution in [0.15, 0.2) is 24.4 Å². The third-order valence-corrected chi connectivity index (χ3v) is 4.57. The molecule has 1 N–H and O–H groups in total. The zero-order chi connectivity index (χ0) is 14.8. The molecule has 0 bridgehead atoms. The molecule has 0 spiro atoms. The highest BCUT2D eigenvalue weighted by Crippen LogP contribution is 2.33. The maximum Gasteiger partial charge on any atom is 0.100 e. The summed E-state index contributed by atoms with van der Waals surface area (Å²) in [5, 5.41) is 19.7. The summed E-state index contributed by atoms with van der Waals surface area (Å²) >= 11 is 12.0. The fraction of sp³-hybridized carbons (Fsp3) is 0.467. The predicted octanol–water partition coefficient (Wildman–Crippen LogP) is 3.98. The number of nitrogens with zero attached hydrogens (tertiary/aromatic N) is 3. The van der Waals surface area contributed by atoms with E-state index >= 15 is 0 Å². The lowest BCUT2D eigenvalue weighted by Crippen LogP contribution is -2.09. The molecule has 3 rings (SSSR count). The molecule has 0 radical (unpaired) electrons. The second kappa shape index (κ2) is 6.34. The van der Waals surface area contributed by atoms with E-state index in [0.717, 1.165) is 5.69 Å². The Bertz CT molecular complexity index is 623. The number of aliphatic hydroxyl groups is 1. The van der Waals surface area contributed by atoms with Crippen LogP contribution in [0.4, 0.5) is 0 Å². The number of rotatable bonds is 4. The highest BCUT2D eigenvalue weighted by atomic mass is 35.5. The van der Waals surface area contributed by atoms with E-state index in [1.165, 1.54) is 25.7 Å². The van der Waals surface area contributed by atoms with Gasteiger partial charge in [-0.05, 0) is 25.0 Å². The molecular weight excluding hydrogens is 309 g/mol. The van der Waals surface area contributed by atoms with Crippen LogP contribution >= 0.6 is 23.2 Å². The molecule has 0 amide bonds. The van der Waals surface area contributed by atoms with Crippen molar-refractivity contribution in [1.82, 2.24) is 15.0 Å². The summed E-state index contributed by atoms with van der Waals surface area (Å²) in [5.74, 6) is 0.523. The van der Waals surface area contributed by atoms with Crippen molar-refractivity contribution in [3.05, 3.63) is 45.7 Å². The third kappa shape index (κ3) is 3.39. The molecule has 1 aromatic heterocycles. The number of hydrogen-bond acceptors (Lipinski definition) is 3. The van der Waals surface area contributed by atoms with Crippen molar-refractivity contribution in [2.75, 3.05) is 0 Å². The van der Waals surface area contributed by atoms with Crippen LogP contribution in [0.1, 0.15) is 49.0 Å². The summed E-state index contributed by atoms with van der Waals surface area (Å²) in [6.07, 6.45) is 6.10. The molecule has 1 heterocycles. The quantitative estimate of drug-likeness (QED) is 0.925. The topological polar surface area (TPSA) is 50.9 Å². The molecular formula is C15H17Cl2N3O. The minimum absolute atomic E-state index is 0.334. The average Bonchev–Trinajstić information content (AvgIpc) is 3.08. The Labute approximate surface area is 133 Å². The van der Waals surface area contributed by atoms with Crippen LogP contribution in [0.5, 0.6) is 0 Å². The van der Waals surface area contributed by atoms with Crippen LogP contribution in [0.25, 0.3) is 0 Å². The van der Waals surface area contributed by atoms with Crippen LogP contribution < -0.4 is 0 Å². The number of aromatic nitrogens is 3. The first-order valence-corrected chi connectivity index (χ1v) is 7.92. The summed E-state index contributed by atoms with van der Waals surface area (Å²) in [7, 11) is 0. The van der Waals surface area contributed by atoms with Crippen molar-refractivity contribution >= 4 is 23.2 Å². The van der Waals surface area contributed by atoms with Crippen LogP contribution in [0.3, 0.4) is 0 Å². The lowest BCUT2D eigenvalue weighted by molar-refractivity contribution is 0.150. The van der Waals surface area contributed by atoms with Crippen LogP contribution in [-0.4, -0.2) is 20.1 Å². The van der Waals surface area contributed by atoms with E-state index in [9.17, 15) is 5.11 Å². The number of halogens is 2. The summed E-state index contributed by atoms with van der Waals surface area (Å²) < 4.78 is 1.68. The van der Waals surface area contributed by atoms with E-state index in [-0.39, 0.29) is 0 Å². The van der Waals surface area contributed by atoms with Crippen molar-refractivity contribution in [2.45, 2.75) is 44.2 Å². The molecule has 6 heteroatoms. The summed E-state index contributed by atoms with van der Waals surface area (Å²) in [6, 6.07) is 5.09. The average molecular weight is 326 g/mol. The molecule has 1 fully saturated rings. The Morgan fingerprint density at radius 3 is 2.76 bits per heavy atom. The van der Waals surface area contributed by atoms with Gasteiger partial charge >= 0.3 is 0 Å². The van der Waals surface area contributed by atoms with Crippen molar-refractivity contribution in [3.63, 3.8) is 0 Å². The van der Waals surface area contributed by atoms with Crippen LogP contribution in [0, 0.1) is 0 Å². The SMILES string of the molecule is OC(Cn1cc(C2CCCC2)nn1)c1ccc(Cl)cc1Cl. The molecule has 1 aliphatic carbocycles. The first-order chi connectivity index (χ1) is 10.1. The Balaban J connectivity index is 1.70. The van der Waals surface area contributed by atoms with Gasteiger partial charge in [-0.1, -0.05) is 47.3 Å². The monoisotopic (exact) mass is 325 g/mol. The number of benzene rings is 1. The Morgan fingerprint density at radius 1 is 1.29 bits per heavy atom. The maximum absolute atomic E-state index is 10.3. The summed E-state index contributed by atoms with van der Waals surface area (Å²) in [4.78, 5) is 0. The van der Waals surface area contributed by atoms with Crippen LogP contribution in [0.2, 0.25) is 10.0 Å². The second-order valence-electron chi connectivity index (χ2n) is 5.53. The minimum atomic E-state index is -0.729. The zero-order valence-electron chi connectivity index (χ0n) is 11.5. The fourth-order valence-electron chi connectivity index (χ4n) is 2.86.